The Morgan fingerprint density at radius 3 is 1.34 bits per heavy atom. The maximum absolute atomic E-state index is 11.6. The average Bonchev–Trinajstić information content (AvgIpc) is 2.99. The average molecular weight is 587 g/mol. The van der Waals surface area contributed by atoms with E-state index < -0.39 is 0 Å². The summed E-state index contributed by atoms with van der Waals surface area (Å²) in [4.78, 5) is 11.6. The van der Waals surface area contributed by atoms with Gasteiger partial charge in [-0.15, -0.1) is 0 Å². The second-order valence-electron chi connectivity index (χ2n) is 9.19. The van der Waals surface area contributed by atoms with Crippen LogP contribution in [-0.2, 0) is 42.7 Å². The summed E-state index contributed by atoms with van der Waals surface area (Å²) in [5.41, 5.74) is 0. The van der Waals surface area contributed by atoms with E-state index in [0.717, 1.165) is 18.6 Å². The molecule has 0 fully saturated rings. The highest BCUT2D eigenvalue weighted by Crippen LogP contribution is 2.08. The molecule has 0 bridgehead atoms. The van der Waals surface area contributed by atoms with Gasteiger partial charge in [0.05, 0.1) is 92.5 Å². The van der Waals surface area contributed by atoms with E-state index in [0.29, 0.717) is 112 Å². The number of hydrogen-bond acceptors (Lipinski definition) is 10. The molecule has 0 aliphatic carbocycles. The number of ether oxygens (including phenoxy) is 9. The van der Waals surface area contributed by atoms with Crippen molar-refractivity contribution in [3.05, 3.63) is 30.3 Å². The third-order valence-corrected chi connectivity index (χ3v) is 5.70. The van der Waals surface area contributed by atoms with Crippen molar-refractivity contribution in [2.45, 2.75) is 51.9 Å². The Morgan fingerprint density at radius 2 is 0.878 bits per heavy atom. The summed E-state index contributed by atoms with van der Waals surface area (Å²) in [5.74, 6) is 0.703. The zero-order valence-corrected chi connectivity index (χ0v) is 25.2. The molecule has 0 saturated heterocycles. The Morgan fingerprint density at radius 1 is 0.488 bits per heavy atom. The molecule has 0 radical (unpaired) electrons. The zero-order valence-electron chi connectivity index (χ0n) is 25.2. The number of para-hydroxylation sites is 1. The van der Waals surface area contributed by atoms with E-state index in [9.17, 15) is 4.79 Å². The Kier molecular flexibility index (Phi) is 28.3. The summed E-state index contributed by atoms with van der Waals surface area (Å²) in [6.07, 6.45) is 7.45. The Balaban J connectivity index is 1.65. The van der Waals surface area contributed by atoms with Crippen molar-refractivity contribution >= 4 is 5.97 Å². The highest BCUT2D eigenvalue weighted by molar-refractivity contribution is 5.69. The van der Waals surface area contributed by atoms with E-state index in [1.807, 2.05) is 30.3 Å². The minimum absolute atomic E-state index is 0.140. The van der Waals surface area contributed by atoms with Gasteiger partial charge in [0.15, 0.2) is 0 Å². The first-order valence-corrected chi connectivity index (χ1v) is 15.2. The fourth-order valence-corrected chi connectivity index (χ4v) is 3.49. The predicted molar refractivity (Wildman–Crippen MR) is 157 cm³/mol. The maximum Gasteiger partial charge on any atom is 0.305 e. The Hall–Kier alpha value is -1.79. The van der Waals surface area contributed by atoms with Crippen LogP contribution in [0, 0.1) is 0 Å². The normalized spacial score (nSPS) is 11.1. The molecule has 1 rings (SSSR count). The molecule has 1 aromatic rings. The van der Waals surface area contributed by atoms with Crippen molar-refractivity contribution in [3.8, 4) is 5.75 Å². The van der Waals surface area contributed by atoms with Gasteiger partial charge < -0.3 is 42.6 Å². The second kappa shape index (κ2) is 31.2. The lowest BCUT2D eigenvalue weighted by Crippen LogP contribution is -2.15. The van der Waals surface area contributed by atoms with Crippen LogP contribution in [0.5, 0.6) is 5.75 Å². The van der Waals surface area contributed by atoms with Gasteiger partial charge in [0.25, 0.3) is 0 Å². The van der Waals surface area contributed by atoms with Gasteiger partial charge in [-0.1, -0.05) is 57.2 Å². The highest BCUT2D eigenvalue weighted by atomic mass is 16.6. The first-order chi connectivity index (χ1) is 20.3. The van der Waals surface area contributed by atoms with Crippen molar-refractivity contribution < 1.29 is 47.4 Å². The molecule has 0 aromatic heterocycles. The standard InChI is InChI=1S/C31H54O10/c1-2-3-4-5-6-10-13-31(32)41-29-27-39-25-23-37-21-19-35-17-15-33-14-16-34-18-20-36-22-24-38-26-28-40-30-11-8-7-9-12-30/h7-9,11-12H,2-6,10,13-29H2,1H3. The molecule has 0 atom stereocenters. The predicted octanol–water partition coefficient (Wildman–Crippen LogP) is 4.48. The van der Waals surface area contributed by atoms with Crippen LogP contribution in [0.3, 0.4) is 0 Å². The lowest BCUT2D eigenvalue weighted by molar-refractivity contribution is -0.145. The van der Waals surface area contributed by atoms with E-state index in [1.54, 1.807) is 0 Å². The van der Waals surface area contributed by atoms with E-state index in [4.69, 9.17) is 42.6 Å². The van der Waals surface area contributed by atoms with E-state index in [2.05, 4.69) is 6.92 Å². The van der Waals surface area contributed by atoms with Gasteiger partial charge in [-0.2, -0.15) is 0 Å². The molecule has 0 spiro atoms. The minimum atomic E-state index is -0.140. The monoisotopic (exact) mass is 586 g/mol. The van der Waals surface area contributed by atoms with Crippen LogP contribution in [-0.4, -0.2) is 112 Å². The summed E-state index contributed by atoms with van der Waals surface area (Å²) in [7, 11) is 0. The van der Waals surface area contributed by atoms with Gasteiger partial charge in [-0.25, -0.2) is 0 Å². The van der Waals surface area contributed by atoms with Gasteiger partial charge in [-0.05, 0) is 18.6 Å². The summed E-state index contributed by atoms with van der Waals surface area (Å²) in [6, 6.07) is 9.67. The minimum Gasteiger partial charge on any atom is -0.491 e. The van der Waals surface area contributed by atoms with Gasteiger partial charge in [0, 0.05) is 6.42 Å². The van der Waals surface area contributed by atoms with E-state index in [1.165, 1.54) is 25.7 Å². The van der Waals surface area contributed by atoms with Crippen molar-refractivity contribution in [2.75, 3.05) is 106 Å². The third-order valence-electron chi connectivity index (χ3n) is 5.70. The number of carbonyl (C=O) groups excluding carboxylic acids is 1. The van der Waals surface area contributed by atoms with Crippen LogP contribution in [0.2, 0.25) is 0 Å². The number of benzene rings is 1. The molecule has 0 amide bonds. The highest BCUT2D eigenvalue weighted by Gasteiger charge is 2.02. The summed E-state index contributed by atoms with van der Waals surface area (Å²) >= 11 is 0. The summed E-state index contributed by atoms with van der Waals surface area (Å²) < 4.78 is 48.9. The second-order valence-corrected chi connectivity index (χ2v) is 9.19. The molecule has 0 N–H and O–H groups in total. The lowest BCUT2D eigenvalue weighted by atomic mass is 10.1. The largest absolute Gasteiger partial charge is 0.491 e. The smallest absolute Gasteiger partial charge is 0.305 e. The number of unbranched alkanes of at least 4 members (excludes halogenated alkanes) is 5. The van der Waals surface area contributed by atoms with Crippen LogP contribution in [0.15, 0.2) is 30.3 Å². The topological polar surface area (TPSA) is 100 Å². The molecule has 1 aromatic carbocycles. The van der Waals surface area contributed by atoms with Crippen molar-refractivity contribution in [3.63, 3.8) is 0 Å². The zero-order chi connectivity index (χ0) is 29.3. The summed E-state index contributed by atoms with van der Waals surface area (Å²) in [5, 5.41) is 0. The first-order valence-electron chi connectivity index (χ1n) is 15.2. The van der Waals surface area contributed by atoms with Crippen molar-refractivity contribution in [1.82, 2.24) is 0 Å². The molecule has 10 nitrogen and oxygen atoms in total. The number of esters is 1. The quantitative estimate of drug-likeness (QED) is 0.0888. The molecular formula is C31H54O10. The number of hydrogen-bond donors (Lipinski definition) is 0. The van der Waals surface area contributed by atoms with Gasteiger partial charge in [0.2, 0.25) is 0 Å². The third kappa shape index (κ3) is 28.1. The molecule has 0 saturated carbocycles. The maximum atomic E-state index is 11.6. The fraction of sp³-hybridized carbons (Fsp3) is 0.774. The van der Waals surface area contributed by atoms with Crippen molar-refractivity contribution in [2.24, 2.45) is 0 Å². The van der Waals surface area contributed by atoms with Gasteiger partial charge in [0.1, 0.15) is 19.0 Å². The Bertz CT molecular complexity index is 662. The van der Waals surface area contributed by atoms with E-state index in [-0.39, 0.29) is 5.97 Å². The Labute approximate surface area is 247 Å². The molecule has 41 heavy (non-hydrogen) atoms. The van der Waals surface area contributed by atoms with Crippen LogP contribution >= 0.6 is 0 Å². The molecule has 238 valence electrons. The molecule has 0 aliphatic heterocycles. The van der Waals surface area contributed by atoms with Crippen molar-refractivity contribution in [1.29, 1.82) is 0 Å². The van der Waals surface area contributed by atoms with Crippen LogP contribution < -0.4 is 4.74 Å². The molecule has 0 unspecified atom stereocenters. The first kappa shape index (κ1) is 37.2. The molecular weight excluding hydrogens is 532 g/mol. The van der Waals surface area contributed by atoms with Gasteiger partial charge >= 0.3 is 5.97 Å². The van der Waals surface area contributed by atoms with Crippen LogP contribution in [0.4, 0.5) is 0 Å². The number of carbonyl (C=O) groups is 1. The molecule has 10 heteroatoms. The fourth-order valence-electron chi connectivity index (χ4n) is 3.49. The summed E-state index contributed by atoms with van der Waals surface area (Å²) in [6.45, 7) is 9.96. The van der Waals surface area contributed by atoms with Crippen LogP contribution in [0.25, 0.3) is 0 Å². The molecule has 0 aliphatic rings. The molecule has 0 heterocycles. The number of rotatable bonds is 32. The SMILES string of the molecule is CCCCCCCCC(=O)OCCOCCOCCOCCOCCOCCOCCOCCOc1ccccc1. The van der Waals surface area contributed by atoms with E-state index >= 15 is 0 Å². The van der Waals surface area contributed by atoms with Crippen LogP contribution in [0.1, 0.15) is 51.9 Å². The van der Waals surface area contributed by atoms with Gasteiger partial charge in [-0.3, -0.25) is 4.79 Å². The lowest BCUT2D eigenvalue weighted by Gasteiger charge is -2.09.